The van der Waals surface area contributed by atoms with Crippen LogP contribution >= 0.6 is 0 Å². The number of benzene rings is 1. The Morgan fingerprint density at radius 3 is 2.77 bits per heavy atom. The molecule has 0 unspecified atom stereocenters. The Labute approximate surface area is 161 Å². The molecule has 0 saturated carbocycles. The summed E-state index contributed by atoms with van der Waals surface area (Å²) in [5, 5.41) is 1.53. The number of nitrogens with zero attached hydrogens (tertiary/aromatic N) is 2. The van der Waals surface area contributed by atoms with Crippen LogP contribution in [-0.4, -0.2) is 9.97 Å². The standard InChI is InChI=1S/C23H24N2O/c1-14-13-24-20(11-16(14)12-23(3,4)5)19-8-6-7-17-18-10-9-15(2)25-22(18)26-21(17)19/h6-11,13H,12H2,1-5H3/i2D3,12D2. The van der Waals surface area contributed by atoms with Crippen LogP contribution < -0.4 is 0 Å². The molecular formula is C23H24N2O. The fourth-order valence-corrected chi connectivity index (χ4v) is 3.09. The van der Waals surface area contributed by atoms with E-state index in [9.17, 15) is 0 Å². The molecule has 26 heavy (non-hydrogen) atoms. The molecule has 132 valence electrons. The zero-order chi connectivity index (χ0) is 22.8. The van der Waals surface area contributed by atoms with Crippen molar-refractivity contribution in [2.45, 2.75) is 40.9 Å². The fourth-order valence-electron chi connectivity index (χ4n) is 3.09. The van der Waals surface area contributed by atoms with E-state index in [1.165, 1.54) is 6.07 Å². The minimum absolute atomic E-state index is 0.0188. The van der Waals surface area contributed by atoms with Crippen molar-refractivity contribution in [1.82, 2.24) is 9.97 Å². The number of aryl methyl sites for hydroxylation is 2. The zero-order valence-electron chi connectivity index (χ0n) is 20.3. The van der Waals surface area contributed by atoms with Crippen LogP contribution in [0, 0.1) is 19.2 Å². The van der Waals surface area contributed by atoms with Crippen LogP contribution in [0.4, 0.5) is 0 Å². The smallest absolute Gasteiger partial charge is 0.227 e. The van der Waals surface area contributed by atoms with Crippen molar-refractivity contribution in [3.8, 4) is 11.3 Å². The summed E-state index contributed by atoms with van der Waals surface area (Å²) in [6.45, 7) is 5.17. The second-order valence-electron chi connectivity index (χ2n) is 7.59. The molecule has 4 rings (SSSR count). The van der Waals surface area contributed by atoms with Gasteiger partial charge in [0.1, 0.15) is 5.58 Å². The van der Waals surface area contributed by atoms with Crippen molar-refractivity contribution < 1.29 is 11.3 Å². The van der Waals surface area contributed by atoms with Crippen LogP contribution in [-0.2, 0) is 6.37 Å². The number of fused-ring (bicyclic) bond motifs is 3. The average Bonchev–Trinajstić information content (AvgIpc) is 3.04. The van der Waals surface area contributed by atoms with Gasteiger partial charge in [0.25, 0.3) is 0 Å². The third-order valence-electron chi connectivity index (χ3n) is 4.25. The van der Waals surface area contributed by atoms with Crippen molar-refractivity contribution in [3.63, 3.8) is 0 Å². The molecule has 0 spiro atoms. The quantitative estimate of drug-likeness (QED) is 0.429. The normalized spacial score (nSPS) is 16.1. The summed E-state index contributed by atoms with van der Waals surface area (Å²) < 4.78 is 46.2. The largest absolute Gasteiger partial charge is 0.437 e. The number of hydrogen-bond acceptors (Lipinski definition) is 3. The Morgan fingerprint density at radius 1 is 1.15 bits per heavy atom. The van der Waals surface area contributed by atoms with Gasteiger partial charge < -0.3 is 4.42 Å². The maximum absolute atomic E-state index is 8.70. The van der Waals surface area contributed by atoms with E-state index in [0.29, 0.717) is 22.4 Å². The van der Waals surface area contributed by atoms with Crippen molar-refractivity contribution in [2.24, 2.45) is 5.41 Å². The van der Waals surface area contributed by atoms with Crippen LogP contribution in [0.2, 0.25) is 0 Å². The molecule has 3 heterocycles. The Kier molecular flexibility index (Phi) is 2.71. The lowest BCUT2D eigenvalue weighted by molar-refractivity contribution is 0.410. The maximum Gasteiger partial charge on any atom is 0.227 e. The summed E-state index contributed by atoms with van der Waals surface area (Å²) in [5.41, 5.74) is 2.85. The number of aromatic nitrogens is 2. The van der Waals surface area contributed by atoms with Gasteiger partial charge in [-0.15, -0.1) is 0 Å². The number of furan rings is 1. The van der Waals surface area contributed by atoms with E-state index in [1.54, 1.807) is 18.3 Å². The minimum Gasteiger partial charge on any atom is -0.437 e. The first-order valence-corrected chi connectivity index (χ1v) is 8.61. The van der Waals surface area contributed by atoms with E-state index >= 15 is 0 Å². The van der Waals surface area contributed by atoms with Crippen molar-refractivity contribution in [2.75, 3.05) is 0 Å². The molecule has 0 aliphatic rings. The monoisotopic (exact) mass is 349 g/mol. The van der Waals surface area contributed by atoms with E-state index in [1.807, 2.05) is 45.9 Å². The summed E-state index contributed by atoms with van der Waals surface area (Å²) >= 11 is 0. The lowest BCUT2D eigenvalue weighted by atomic mass is 9.86. The van der Waals surface area contributed by atoms with Gasteiger partial charge in [0.15, 0.2) is 0 Å². The zero-order valence-corrected chi connectivity index (χ0v) is 15.3. The molecular weight excluding hydrogens is 320 g/mol. The highest BCUT2D eigenvalue weighted by Gasteiger charge is 2.17. The Hall–Kier alpha value is -2.68. The lowest BCUT2D eigenvalue weighted by Gasteiger charge is -2.20. The van der Waals surface area contributed by atoms with Crippen LogP contribution in [0.15, 0.2) is 47.0 Å². The van der Waals surface area contributed by atoms with Gasteiger partial charge in [0.2, 0.25) is 5.71 Å². The molecule has 0 bridgehead atoms. The van der Waals surface area contributed by atoms with E-state index in [0.717, 1.165) is 16.3 Å². The van der Waals surface area contributed by atoms with E-state index in [2.05, 4.69) is 9.97 Å². The molecule has 0 N–H and O–H groups in total. The third-order valence-corrected chi connectivity index (χ3v) is 4.25. The van der Waals surface area contributed by atoms with Gasteiger partial charge in [0, 0.05) is 35.1 Å². The molecule has 0 aliphatic carbocycles. The first-order chi connectivity index (χ1) is 14.3. The summed E-state index contributed by atoms with van der Waals surface area (Å²) in [7, 11) is 0. The molecule has 3 heteroatoms. The lowest BCUT2D eigenvalue weighted by Crippen LogP contribution is -2.10. The Bertz CT molecular complexity index is 1300. The van der Waals surface area contributed by atoms with Gasteiger partial charge in [-0.1, -0.05) is 32.9 Å². The summed E-state index contributed by atoms with van der Waals surface area (Å²) in [4.78, 5) is 8.76. The molecule has 0 aliphatic heterocycles. The van der Waals surface area contributed by atoms with Crippen molar-refractivity contribution in [3.05, 3.63) is 59.4 Å². The van der Waals surface area contributed by atoms with E-state index < -0.39 is 18.6 Å². The Morgan fingerprint density at radius 2 is 2.00 bits per heavy atom. The van der Waals surface area contributed by atoms with Crippen LogP contribution in [0.1, 0.15) is 44.4 Å². The van der Waals surface area contributed by atoms with Gasteiger partial charge in [-0.2, -0.15) is 0 Å². The first-order valence-electron chi connectivity index (χ1n) is 11.1. The second kappa shape index (κ2) is 5.94. The molecule has 0 atom stereocenters. The molecule has 1 aromatic carbocycles. The van der Waals surface area contributed by atoms with Crippen molar-refractivity contribution in [1.29, 1.82) is 0 Å². The summed E-state index contributed by atoms with van der Waals surface area (Å²) in [6, 6.07) is 10.6. The van der Waals surface area contributed by atoms with Gasteiger partial charge in [-0.05, 0) is 61.0 Å². The molecule has 0 fully saturated rings. The number of hydrogen-bond donors (Lipinski definition) is 0. The van der Waals surface area contributed by atoms with Gasteiger partial charge in [-0.3, -0.25) is 4.98 Å². The third kappa shape index (κ3) is 2.98. The van der Waals surface area contributed by atoms with Gasteiger partial charge in [-0.25, -0.2) is 4.98 Å². The van der Waals surface area contributed by atoms with E-state index in [-0.39, 0.29) is 11.4 Å². The van der Waals surface area contributed by atoms with Gasteiger partial charge >= 0.3 is 0 Å². The molecule has 0 amide bonds. The highest BCUT2D eigenvalue weighted by atomic mass is 16.3. The molecule has 0 radical (unpaired) electrons. The highest BCUT2D eigenvalue weighted by molar-refractivity contribution is 6.08. The number of para-hydroxylation sites is 1. The minimum atomic E-state index is -2.32. The predicted molar refractivity (Wildman–Crippen MR) is 107 cm³/mol. The summed E-state index contributed by atoms with van der Waals surface area (Å²) in [5.74, 6) is 0. The first kappa shape index (κ1) is 11.8. The van der Waals surface area contributed by atoms with Crippen molar-refractivity contribution >= 4 is 22.1 Å². The van der Waals surface area contributed by atoms with E-state index in [4.69, 9.17) is 11.3 Å². The molecule has 0 saturated heterocycles. The molecule has 3 nitrogen and oxygen atoms in total. The number of rotatable bonds is 2. The number of pyridine rings is 2. The second-order valence-corrected chi connectivity index (χ2v) is 7.59. The van der Waals surface area contributed by atoms with Gasteiger partial charge in [0.05, 0.1) is 5.69 Å². The highest BCUT2D eigenvalue weighted by Crippen LogP contribution is 2.35. The maximum atomic E-state index is 8.70. The molecule has 4 aromatic rings. The SMILES string of the molecule is [2H]C([2H])([2H])c1ccc2c(n1)oc1c(-c3cc(C([2H])([2H])C(C)(C)C)c(C)cn3)cccc12. The Balaban J connectivity index is 1.94. The van der Waals surface area contributed by atoms with Crippen LogP contribution in [0.5, 0.6) is 0 Å². The molecule has 3 aromatic heterocycles. The predicted octanol–water partition coefficient (Wildman–Crippen LogP) is 6.25. The van der Waals surface area contributed by atoms with Crippen LogP contribution in [0.25, 0.3) is 33.3 Å². The van der Waals surface area contributed by atoms with Crippen LogP contribution in [0.3, 0.4) is 0 Å². The summed E-state index contributed by atoms with van der Waals surface area (Å²) in [6.07, 6.45) is 0.118. The fraction of sp³-hybridized carbons (Fsp3) is 0.304. The topological polar surface area (TPSA) is 38.9 Å². The average molecular weight is 349 g/mol.